The van der Waals surface area contributed by atoms with Crippen molar-refractivity contribution in [3.05, 3.63) is 30.1 Å². The molecular formula is C12H14FN5OS. The molecule has 3 N–H and O–H groups in total. The van der Waals surface area contributed by atoms with Crippen molar-refractivity contribution in [2.45, 2.75) is 30.0 Å². The molecular weight excluding hydrogens is 281 g/mol. The molecule has 1 aromatic carbocycles. The summed E-state index contributed by atoms with van der Waals surface area (Å²) in [6, 6.07) is 6.31. The number of aromatic nitrogens is 3. The van der Waals surface area contributed by atoms with Gasteiger partial charge in [-0.05, 0) is 43.8 Å². The lowest BCUT2D eigenvalue weighted by Gasteiger charge is -2.09. The predicted octanol–water partition coefficient (Wildman–Crippen LogP) is 2.23. The first kappa shape index (κ1) is 14.5. The second-order valence-electron chi connectivity index (χ2n) is 4.09. The zero-order chi connectivity index (χ0) is 14.5. The van der Waals surface area contributed by atoms with Crippen LogP contribution in [-0.2, 0) is 0 Å². The molecule has 6 nitrogen and oxygen atoms in total. The Bertz CT molecular complexity index is 596. The summed E-state index contributed by atoms with van der Waals surface area (Å²) in [6.07, 6.45) is -0.0740. The van der Waals surface area contributed by atoms with Crippen LogP contribution in [0.1, 0.15) is 13.8 Å². The maximum absolute atomic E-state index is 13.1. The van der Waals surface area contributed by atoms with Crippen LogP contribution in [0.4, 0.5) is 10.3 Å². The third-order valence-electron chi connectivity index (χ3n) is 2.07. The number of hydrazine groups is 1. The van der Waals surface area contributed by atoms with E-state index in [1.165, 1.54) is 23.9 Å². The zero-order valence-electron chi connectivity index (χ0n) is 11.0. The topological polar surface area (TPSA) is 86.0 Å². The summed E-state index contributed by atoms with van der Waals surface area (Å²) in [7, 11) is 0. The highest BCUT2D eigenvalue weighted by Crippen LogP contribution is 2.26. The van der Waals surface area contributed by atoms with Crippen molar-refractivity contribution in [2.75, 3.05) is 5.43 Å². The van der Waals surface area contributed by atoms with Crippen LogP contribution in [0.5, 0.6) is 6.01 Å². The number of nitrogen functional groups attached to an aromatic ring is 1. The van der Waals surface area contributed by atoms with Gasteiger partial charge >= 0.3 is 6.01 Å². The Balaban J connectivity index is 2.26. The van der Waals surface area contributed by atoms with E-state index in [1.807, 2.05) is 13.8 Å². The van der Waals surface area contributed by atoms with Crippen molar-refractivity contribution in [2.24, 2.45) is 5.84 Å². The van der Waals surface area contributed by atoms with Crippen LogP contribution in [0.3, 0.4) is 0 Å². The zero-order valence-corrected chi connectivity index (χ0v) is 11.8. The highest BCUT2D eigenvalue weighted by Gasteiger charge is 2.10. The molecule has 8 heteroatoms. The van der Waals surface area contributed by atoms with E-state index in [9.17, 15) is 4.39 Å². The normalized spacial score (nSPS) is 10.7. The lowest BCUT2D eigenvalue weighted by atomic mass is 10.4. The third-order valence-corrected chi connectivity index (χ3v) is 2.92. The first-order valence-electron chi connectivity index (χ1n) is 5.89. The molecule has 0 unspecified atom stereocenters. The highest BCUT2D eigenvalue weighted by molar-refractivity contribution is 7.99. The molecule has 106 valence electrons. The van der Waals surface area contributed by atoms with Gasteiger partial charge in [0.25, 0.3) is 0 Å². The average molecular weight is 295 g/mol. The molecule has 1 heterocycles. The molecule has 0 amide bonds. The molecule has 1 aromatic heterocycles. The van der Waals surface area contributed by atoms with Gasteiger partial charge in [-0.15, -0.1) is 0 Å². The van der Waals surface area contributed by atoms with Crippen molar-refractivity contribution < 1.29 is 9.13 Å². The molecule has 2 aromatic rings. The van der Waals surface area contributed by atoms with Crippen molar-refractivity contribution in [3.8, 4) is 6.01 Å². The number of nitrogens with one attached hydrogen (secondary N) is 1. The lowest BCUT2D eigenvalue weighted by molar-refractivity contribution is 0.219. The second kappa shape index (κ2) is 6.49. The van der Waals surface area contributed by atoms with Gasteiger partial charge in [-0.2, -0.15) is 15.0 Å². The predicted molar refractivity (Wildman–Crippen MR) is 73.9 cm³/mol. The SMILES string of the molecule is CC(C)Oc1nc(NN)nc(Sc2cccc(F)c2)n1. The van der Waals surface area contributed by atoms with Crippen molar-refractivity contribution in [1.29, 1.82) is 0 Å². The Morgan fingerprint density at radius 2 is 2.10 bits per heavy atom. The van der Waals surface area contributed by atoms with Crippen LogP contribution in [0, 0.1) is 5.82 Å². The molecule has 0 saturated heterocycles. The number of rotatable bonds is 5. The van der Waals surface area contributed by atoms with Gasteiger partial charge in [0.1, 0.15) is 5.82 Å². The number of nitrogens with two attached hydrogens (primary N) is 1. The summed E-state index contributed by atoms with van der Waals surface area (Å²) in [6.45, 7) is 3.72. The second-order valence-corrected chi connectivity index (χ2v) is 5.14. The van der Waals surface area contributed by atoms with Gasteiger partial charge in [0.2, 0.25) is 11.1 Å². The minimum atomic E-state index is -0.320. The van der Waals surface area contributed by atoms with E-state index in [-0.39, 0.29) is 23.9 Å². The molecule has 0 fully saturated rings. The summed E-state index contributed by atoms with van der Waals surface area (Å²) in [5.41, 5.74) is 2.35. The number of nitrogens with zero attached hydrogens (tertiary/aromatic N) is 3. The van der Waals surface area contributed by atoms with E-state index in [1.54, 1.807) is 12.1 Å². The van der Waals surface area contributed by atoms with Crippen molar-refractivity contribution in [3.63, 3.8) is 0 Å². The Morgan fingerprint density at radius 1 is 1.30 bits per heavy atom. The Kier molecular flexibility index (Phi) is 4.70. The summed E-state index contributed by atoms with van der Waals surface area (Å²) in [5.74, 6) is 5.18. The van der Waals surface area contributed by atoms with E-state index in [0.717, 1.165) is 0 Å². The number of anilines is 1. The molecule has 0 radical (unpaired) electrons. The van der Waals surface area contributed by atoms with Crippen LogP contribution in [-0.4, -0.2) is 21.1 Å². The smallest absolute Gasteiger partial charge is 0.322 e. The summed E-state index contributed by atoms with van der Waals surface area (Å²) in [4.78, 5) is 12.9. The van der Waals surface area contributed by atoms with Crippen molar-refractivity contribution >= 4 is 17.7 Å². The van der Waals surface area contributed by atoms with Gasteiger partial charge in [0.05, 0.1) is 6.10 Å². The number of benzene rings is 1. The van der Waals surface area contributed by atoms with Gasteiger partial charge in [-0.3, -0.25) is 5.43 Å². The van der Waals surface area contributed by atoms with Gasteiger partial charge in [-0.25, -0.2) is 10.2 Å². The Hall–Kier alpha value is -1.93. The largest absolute Gasteiger partial charge is 0.461 e. The number of ether oxygens (including phenoxy) is 1. The summed E-state index contributed by atoms with van der Waals surface area (Å²) < 4.78 is 18.6. The van der Waals surface area contributed by atoms with Gasteiger partial charge < -0.3 is 4.74 Å². The first-order valence-corrected chi connectivity index (χ1v) is 6.71. The summed E-state index contributed by atoms with van der Waals surface area (Å²) >= 11 is 1.19. The average Bonchev–Trinajstić information content (AvgIpc) is 2.37. The molecule has 0 aliphatic rings. The Morgan fingerprint density at radius 3 is 2.75 bits per heavy atom. The minimum absolute atomic E-state index is 0.0740. The van der Waals surface area contributed by atoms with E-state index >= 15 is 0 Å². The monoisotopic (exact) mass is 295 g/mol. The van der Waals surface area contributed by atoms with Crippen molar-refractivity contribution in [1.82, 2.24) is 15.0 Å². The molecule has 2 rings (SSSR count). The molecule has 20 heavy (non-hydrogen) atoms. The number of hydrogen-bond acceptors (Lipinski definition) is 7. The maximum atomic E-state index is 13.1. The van der Waals surface area contributed by atoms with Crippen LogP contribution in [0.25, 0.3) is 0 Å². The number of halogens is 1. The molecule has 0 aliphatic carbocycles. The van der Waals surface area contributed by atoms with Crippen LogP contribution < -0.4 is 16.0 Å². The maximum Gasteiger partial charge on any atom is 0.322 e. The fraction of sp³-hybridized carbons (Fsp3) is 0.250. The van der Waals surface area contributed by atoms with Gasteiger partial charge in [0.15, 0.2) is 0 Å². The highest BCUT2D eigenvalue weighted by atomic mass is 32.2. The third kappa shape index (κ3) is 4.04. The van der Waals surface area contributed by atoms with Crippen LogP contribution in [0.15, 0.2) is 34.3 Å². The molecule has 0 saturated carbocycles. The number of hydrogen-bond donors (Lipinski definition) is 2. The lowest BCUT2D eigenvalue weighted by Crippen LogP contribution is -2.14. The van der Waals surface area contributed by atoms with E-state index < -0.39 is 0 Å². The quantitative estimate of drug-likeness (QED) is 0.646. The minimum Gasteiger partial charge on any atom is -0.461 e. The molecule has 0 bridgehead atoms. The fourth-order valence-electron chi connectivity index (χ4n) is 1.35. The summed E-state index contributed by atoms with van der Waals surface area (Å²) in [5, 5.41) is 0.370. The fourth-order valence-corrected chi connectivity index (χ4v) is 2.13. The van der Waals surface area contributed by atoms with Crippen LogP contribution >= 0.6 is 11.8 Å². The van der Waals surface area contributed by atoms with E-state index in [0.29, 0.717) is 10.1 Å². The Labute approximate surface area is 120 Å². The molecule has 0 aliphatic heterocycles. The standard InChI is InChI=1S/C12H14FN5OS/c1-7(2)19-11-15-10(18-14)16-12(17-11)20-9-5-3-4-8(13)6-9/h3-7H,14H2,1-2H3,(H,15,16,17,18). The molecule has 0 spiro atoms. The first-order chi connectivity index (χ1) is 9.56. The van der Waals surface area contributed by atoms with Gasteiger partial charge in [0, 0.05) is 4.90 Å². The van der Waals surface area contributed by atoms with E-state index in [2.05, 4.69) is 20.4 Å². The van der Waals surface area contributed by atoms with Crippen LogP contribution in [0.2, 0.25) is 0 Å². The van der Waals surface area contributed by atoms with E-state index in [4.69, 9.17) is 10.6 Å². The van der Waals surface area contributed by atoms with Gasteiger partial charge in [-0.1, -0.05) is 6.07 Å². The molecule has 0 atom stereocenters.